The summed E-state index contributed by atoms with van der Waals surface area (Å²) in [7, 11) is 0. The summed E-state index contributed by atoms with van der Waals surface area (Å²) in [5.74, 6) is 3.13. The first kappa shape index (κ1) is 21.6. The number of nitrogens with zero attached hydrogens (tertiary/aromatic N) is 5. The lowest BCUT2D eigenvalue weighted by Crippen LogP contribution is -2.54. The lowest BCUT2D eigenvalue weighted by Gasteiger charge is -2.45. The maximum absolute atomic E-state index is 6.67. The van der Waals surface area contributed by atoms with Crippen LogP contribution in [0.2, 0.25) is 0 Å². The van der Waals surface area contributed by atoms with Crippen LogP contribution in [0.25, 0.3) is 11.3 Å². The standard InChI is InChI=1S/C26H36N8/c1-15(16-2-3-16)34-11-10-33(14-23(34)17-4-5-17)25-21(28)13-20(24(32-25)18-6-7-18)22-12-19(8-9-27)30-26(29)31-22/h12-13,16-18,23H,1-11,14,27-28H2,(H2,29,30,31)/t23-/m0/s1. The minimum atomic E-state index is 0.268. The highest BCUT2D eigenvalue weighted by Crippen LogP contribution is 2.47. The topological polar surface area (TPSA) is 123 Å². The predicted molar refractivity (Wildman–Crippen MR) is 136 cm³/mol. The number of pyridine rings is 1. The Hall–Kier alpha value is -2.87. The summed E-state index contributed by atoms with van der Waals surface area (Å²) in [5.41, 5.74) is 24.3. The summed E-state index contributed by atoms with van der Waals surface area (Å²) in [6.07, 6.45) is 8.22. The van der Waals surface area contributed by atoms with Gasteiger partial charge in [-0.15, -0.1) is 0 Å². The molecule has 3 aliphatic carbocycles. The molecule has 1 saturated heterocycles. The molecular formula is C26H36N8. The van der Waals surface area contributed by atoms with Gasteiger partial charge in [-0.1, -0.05) is 6.58 Å². The van der Waals surface area contributed by atoms with Gasteiger partial charge < -0.3 is 27.0 Å². The molecule has 2 aromatic heterocycles. The van der Waals surface area contributed by atoms with E-state index >= 15 is 0 Å². The van der Waals surface area contributed by atoms with Gasteiger partial charge in [0.15, 0.2) is 5.82 Å². The highest BCUT2D eigenvalue weighted by atomic mass is 15.3. The summed E-state index contributed by atoms with van der Waals surface area (Å²) in [6, 6.07) is 4.56. The van der Waals surface area contributed by atoms with Gasteiger partial charge >= 0.3 is 0 Å². The number of hydrogen-bond acceptors (Lipinski definition) is 8. The molecule has 0 amide bonds. The molecule has 3 heterocycles. The molecule has 0 radical (unpaired) electrons. The van der Waals surface area contributed by atoms with Crippen LogP contribution in [0.5, 0.6) is 0 Å². The van der Waals surface area contributed by atoms with Crippen LogP contribution in [0.1, 0.15) is 55.8 Å². The van der Waals surface area contributed by atoms with E-state index in [1.54, 1.807) is 0 Å². The van der Waals surface area contributed by atoms with Gasteiger partial charge in [0.1, 0.15) is 0 Å². The first-order valence-electron chi connectivity index (χ1n) is 12.9. The minimum Gasteiger partial charge on any atom is -0.396 e. The van der Waals surface area contributed by atoms with E-state index in [9.17, 15) is 0 Å². The molecule has 180 valence electrons. The number of piperazine rings is 1. The van der Waals surface area contributed by atoms with Crippen LogP contribution < -0.4 is 22.1 Å². The molecule has 0 spiro atoms. The summed E-state index contributed by atoms with van der Waals surface area (Å²) < 4.78 is 0. The summed E-state index contributed by atoms with van der Waals surface area (Å²) >= 11 is 0. The zero-order valence-electron chi connectivity index (χ0n) is 19.9. The van der Waals surface area contributed by atoms with E-state index in [0.29, 0.717) is 36.5 Å². The Morgan fingerprint density at radius 1 is 1.00 bits per heavy atom. The molecule has 1 aliphatic heterocycles. The van der Waals surface area contributed by atoms with Crippen LogP contribution in [-0.2, 0) is 6.42 Å². The Kier molecular flexibility index (Phi) is 5.36. The smallest absolute Gasteiger partial charge is 0.220 e. The third-order valence-corrected chi connectivity index (χ3v) is 7.80. The Morgan fingerprint density at radius 3 is 2.47 bits per heavy atom. The quantitative estimate of drug-likeness (QED) is 0.549. The summed E-state index contributed by atoms with van der Waals surface area (Å²) in [5, 5.41) is 0. The van der Waals surface area contributed by atoms with Crippen molar-refractivity contribution in [3.63, 3.8) is 0 Å². The summed E-state index contributed by atoms with van der Waals surface area (Å²) in [4.78, 5) is 19.1. The normalized spacial score (nSPS) is 22.8. The number of aromatic nitrogens is 3. The third-order valence-electron chi connectivity index (χ3n) is 7.80. The number of nitrogen functional groups attached to an aromatic ring is 2. The summed E-state index contributed by atoms with van der Waals surface area (Å²) in [6.45, 7) is 7.89. The van der Waals surface area contributed by atoms with Gasteiger partial charge in [-0.05, 0) is 69.0 Å². The largest absolute Gasteiger partial charge is 0.396 e. The van der Waals surface area contributed by atoms with Crippen LogP contribution in [0.15, 0.2) is 24.4 Å². The number of allylic oxidation sites excluding steroid dienone is 1. The molecule has 0 unspecified atom stereocenters. The molecule has 4 aliphatic rings. The van der Waals surface area contributed by atoms with Crippen LogP contribution in [-0.4, -0.2) is 52.1 Å². The first-order valence-corrected chi connectivity index (χ1v) is 12.9. The molecule has 1 atom stereocenters. The highest BCUT2D eigenvalue weighted by Gasteiger charge is 2.42. The van der Waals surface area contributed by atoms with E-state index in [1.165, 1.54) is 31.4 Å². The second kappa shape index (κ2) is 8.41. The molecule has 3 saturated carbocycles. The minimum absolute atomic E-state index is 0.268. The van der Waals surface area contributed by atoms with E-state index < -0.39 is 0 Å². The second-order valence-electron chi connectivity index (χ2n) is 10.6. The Labute approximate surface area is 201 Å². The molecule has 34 heavy (non-hydrogen) atoms. The van der Waals surface area contributed by atoms with Crippen molar-refractivity contribution in [2.24, 2.45) is 17.6 Å². The average Bonchev–Trinajstić information content (AvgIpc) is 3.69. The molecule has 0 aromatic carbocycles. The van der Waals surface area contributed by atoms with Crippen LogP contribution >= 0.6 is 0 Å². The van der Waals surface area contributed by atoms with Gasteiger partial charge in [-0.25, -0.2) is 15.0 Å². The van der Waals surface area contributed by atoms with Gasteiger partial charge in [0, 0.05) is 55.0 Å². The Morgan fingerprint density at radius 2 is 1.79 bits per heavy atom. The van der Waals surface area contributed by atoms with Gasteiger partial charge in [-0.2, -0.15) is 0 Å². The van der Waals surface area contributed by atoms with Crippen molar-refractivity contribution < 1.29 is 0 Å². The van der Waals surface area contributed by atoms with Gasteiger partial charge in [0.05, 0.1) is 17.1 Å². The molecule has 8 nitrogen and oxygen atoms in total. The molecule has 4 fully saturated rings. The predicted octanol–water partition coefficient (Wildman–Crippen LogP) is 2.91. The molecule has 2 aromatic rings. The van der Waals surface area contributed by atoms with Crippen LogP contribution in [0.4, 0.5) is 17.5 Å². The maximum Gasteiger partial charge on any atom is 0.220 e. The van der Waals surface area contributed by atoms with Crippen molar-refractivity contribution >= 4 is 17.5 Å². The number of hydrogen-bond donors (Lipinski definition) is 3. The van der Waals surface area contributed by atoms with E-state index in [1.807, 2.05) is 6.07 Å². The van der Waals surface area contributed by atoms with E-state index in [0.717, 1.165) is 66.9 Å². The molecule has 6 N–H and O–H groups in total. The van der Waals surface area contributed by atoms with Crippen molar-refractivity contribution in [1.29, 1.82) is 0 Å². The molecule has 6 rings (SSSR count). The fourth-order valence-electron chi connectivity index (χ4n) is 5.49. The van der Waals surface area contributed by atoms with E-state index in [-0.39, 0.29) is 5.95 Å². The number of nitrogens with two attached hydrogens (primary N) is 3. The fourth-order valence-corrected chi connectivity index (χ4v) is 5.49. The zero-order chi connectivity index (χ0) is 23.4. The zero-order valence-corrected chi connectivity index (χ0v) is 19.9. The first-order chi connectivity index (χ1) is 16.5. The lowest BCUT2D eigenvalue weighted by atomic mass is 10.0. The van der Waals surface area contributed by atoms with Gasteiger partial charge in [-0.3, -0.25) is 0 Å². The second-order valence-corrected chi connectivity index (χ2v) is 10.6. The Balaban J connectivity index is 1.32. The molecular weight excluding hydrogens is 424 g/mol. The maximum atomic E-state index is 6.67. The average molecular weight is 461 g/mol. The van der Waals surface area contributed by atoms with Gasteiger partial charge in [0.25, 0.3) is 0 Å². The number of rotatable bonds is 8. The van der Waals surface area contributed by atoms with Crippen molar-refractivity contribution in [1.82, 2.24) is 19.9 Å². The Bertz CT molecular complexity index is 1100. The molecule has 8 heteroatoms. The number of anilines is 3. The van der Waals surface area contributed by atoms with Crippen molar-refractivity contribution in [2.75, 3.05) is 42.5 Å². The van der Waals surface area contributed by atoms with Crippen LogP contribution in [0.3, 0.4) is 0 Å². The highest BCUT2D eigenvalue weighted by molar-refractivity contribution is 5.75. The van der Waals surface area contributed by atoms with Crippen LogP contribution in [0, 0.1) is 11.8 Å². The van der Waals surface area contributed by atoms with E-state index in [2.05, 4.69) is 32.4 Å². The SMILES string of the molecule is C=C(C1CC1)N1CCN(c2nc(C3CC3)c(-c3cc(CCN)nc(N)n3)cc2N)C[C@H]1C1CC1. The lowest BCUT2D eigenvalue weighted by molar-refractivity contribution is 0.196. The van der Waals surface area contributed by atoms with E-state index in [4.69, 9.17) is 22.2 Å². The van der Waals surface area contributed by atoms with Crippen molar-refractivity contribution in [3.8, 4) is 11.3 Å². The van der Waals surface area contributed by atoms with Gasteiger partial charge in [0.2, 0.25) is 5.95 Å². The van der Waals surface area contributed by atoms with Crippen molar-refractivity contribution in [2.45, 2.75) is 56.9 Å². The monoisotopic (exact) mass is 460 g/mol. The fraction of sp³-hybridized carbons (Fsp3) is 0.577. The molecule has 0 bridgehead atoms. The van der Waals surface area contributed by atoms with Crippen molar-refractivity contribution in [3.05, 3.63) is 35.8 Å². The third kappa shape index (κ3) is 4.19.